The quantitative estimate of drug-likeness (QED) is 0.446. The fraction of sp³-hybridized carbons (Fsp3) is 0. The van der Waals surface area contributed by atoms with Gasteiger partial charge in [0.2, 0.25) is 0 Å². The van der Waals surface area contributed by atoms with Gasteiger partial charge in [0.15, 0.2) is 0 Å². The third-order valence-corrected chi connectivity index (χ3v) is 0. The zero-order valence-electron chi connectivity index (χ0n) is 2.38. The molecule has 0 atom stereocenters. The number of hydrogen-bond donors (Lipinski definition) is 0. The number of hydrogen-bond acceptors (Lipinski definition) is 2. The molecule has 0 unspecified atom stereocenters. The molecule has 3 nitrogen and oxygen atoms in total. The topological polar surface area (TPSA) is 68.6 Å². The molecule has 5 heavy (non-hydrogen) atoms. The standard InChI is InChI=1S/Al.La.3O/q;+3;;-2;-1. The van der Waals surface area contributed by atoms with Gasteiger partial charge in [-0.2, -0.15) is 0 Å². The minimum absolute atomic E-state index is 0. The monoisotopic (exact) mass is 214 g/mol. The molecule has 0 radical (unpaired) electrons. The normalized spacial score (nSPS) is 1.60. The summed E-state index contributed by atoms with van der Waals surface area (Å²) in [7, 11) is 0. The Bertz CT molecular complexity index is 14.4. The molecule has 0 amide bonds. The summed E-state index contributed by atoms with van der Waals surface area (Å²) in [5.41, 5.74) is 0. The van der Waals surface area contributed by atoms with Crippen LogP contribution in [0.2, 0.25) is 0 Å². The van der Waals surface area contributed by atoms with Crippen molar-refractivity contribution in [3.63, 3.8) is 0 Å². The van der Waals surface area contributed by atoms with Crippen LogP contribution in [-0.4, -0.2) is 15.5 Å². The van der Waals surface area contributed by atoms with Gasteiger partial charge in [-0.15, -0.1) is 0 Å². The summed E-state index contributed by atoms with van der Waals surface area (Å²) in [6, 6.07) is 0. The van der Waals surface area contributed by atoms with Gasteiger partial charge in [-0.05, 0) is 0 Å². The minimum atomic E-state index is -1.75. The molecule has 0 aliphatic rings. The third kappa shape index (κ3) is 34.5. The van der Waals surface area contributed by atoms with Crippen LogP contribution in [0.25, 0.3) is 0 Å². The molecule has 0 N–H and O–H groups in total. The van der Waals surface area contributed by atoms with Crippen LogP contribution in [0.4, 0.5) is 0 Å². The summed E-state index contributed by atoms with van der Waals surface area (Å²) < 4.78 is 16.9. The summed E-state index contributed by atoms with van der Waals surface area (Å²) in [6.07, 6.45) is 0. The second kappa shape index (κ2) is 18.6. The maximum absolute atomic E-state index is 8.46. The van der Waals surface area contributed by atoms with E-state index in [1.807, 2.05) is 0 Å². The molecule has 0 heterocycles. The molecular weight excluding hydrogens is 214 g/mol. The molecule has 0 aliphatic heterocycles. The van der Waals surface area contributed by atoms with Crippen LogP contribution in [0.15, 0.2) is 0 Å². The Morgan fingerprint density at radius 2 is 1.60 bits per heavy atom. The molecule has 5 heteroatoms. The molecule has 0 fully saturated rings. The van der Waals surface area contributed by atoms with E-state index < -0.39 is 15.5 Å². The molecule has 0 spiro atoms. The Morgan fingerprint density at radius 3 is 1.60 bits per heavy atom. The van der Waals surface area contributed by atoms with Crippen LogP contribution in [0, 0.1) is 35.6 Å². The second-order valence-corrected chi connectivity index (χ2v) is 0.289. The Morgan fingerprint density at radius 1 is 1.60 bits per heavy atom. The first kappa shape index (κ1) is 16.3. The van der Waals surface area contributed by atoms with Crippen LogP contribution in [0.5, 0.6) is 0 Å². The molecule has 0 aromatic carbocycles. The van der Waals surface area contributed by atoms with E-state index in [9.17, 15) is 0 Å². The molecular formula is AlLaO3. The van der Waals surface area contributed by atoms with E-state index in [1.165, 1.54) is 0 Å². The van der Waals surface area contributed by atoms with Gasteiger partial charge in [0, 0.05) is 0 Å². The summed E-state index contributed by atoms with van der Waals surface area (Å²) in [4.78, 5) is 0. The van der Waals surface area contributed by atoms with E-state index in [-0.39, 0.29) is 41.1 Å². The molecule has 0 aromatic rings. The average molecular weight is 214 g/mol. The molecule has 0 aromatic heterocycles. The summed E-state index contributed by atoms with van der Waals surface area (Å²) in [5, 5.41) is 0. The van der Waals surface area contributed by atoms with Gasteiger partial charge in [-0.1, -0.05) is 0 Å². The van der Waals surface area contributed by atoms with Crippen LogP contribution in [0.3, 0.4) is 0 Å². The van der Waals surface area contributed by atoms with Crippen LogP contribution < -0.4 is 4.16 Å². The van der Waals surface area contributed by atoms with Gasteiger partial charge in [-0.3, -0.25) is 0 Å². The predicted molar refractivity (Wildman–Crippen MR) is 7.13 cm³/mol. The van der Waals surface area contributed by atoms with Crippen molar-refractivity contribution in [3.05, 3.63) is 0 Å². The zero-order chi connectivity index (χ0) is 2.71. The Balaban J connectivity index is -0.0000000200. The van der Waals surface area contributed by atoms with Gasteiger partial charge in [0.1, 0.15) is 0 Å². The molecule has 0 bridgehead atoms. The summed E-state index contributed by atoms with van der Waals surface area (Å²) in [6.45, 7) is 0. The molecule has 24 valence electrons. The summed E-state index contributed by atoms with van der Waals surface area (Å²) >= 11 is -1.75. The van der Waals surface area contributed by atoms with Crippen molar-refractivity contribution in [3.8, 4) is 0 Å². The maximum atomic E-state index is 8.46. The summed E-state index contributed by atoms with van der Waals surface area (Å²) in [5.74, 6) is 0. The first-order chi connectivity index (χ1) is 1.41. The molecule has 0 saturated heterocycles. The van der Waals surface area contributed by atoms with E-state index in [2.05, 4.69) is 0 Å². The van der Waals surface area contributed by atoms with E-state index in [1.54, 1.807) is 0 Å². The zero-order valence-corrected chi connectivity index (χ0v) is 7.16. The van der Waals surface area contributed by atoms with Gasteiger partial charge < -0.3 is 5.48 Å². The van der Waals surface area contributed by atoms with Crippen LogP contribution >= 0.6 is 0 Å². The SMILES string of the molecule is [La+3].[O-2].[O]=[Al][O-]. The van der Waals surface area contributed by atoms with Gasteiger partial charge in [0.25, 0.3) is 0 Å². The predicted octanol–water partition coefficient (Wildman–Crippen LogP) is -1.81. The number of rotatable bonds is 0. The van der Waals surface area contributed by atoms with E-state index >= 15 is 0 Å². The van der Waals surface area contributed by atoms with Crippen molar-refractivity contribution in [1.29, 1.82) is 0 Å². The second-order valence-electron chi connectivity index (χ2n) is 0.0962. The van der Waals surface area contributed by atoms with Crippen molar-refractivity contribution < 1.29 is 49.0 Å². The van der Waals surface area contributed by atoms with E-state index in [0.29, 0.717) is 0 Å². The molecule has 0 rings (SSSR count). The Kier molecular flexibility index (Phi) is 60.4. The van der Waals surface area contributed by atoms with Gasteiger partial charge in [0.05, 0.1) is 0 Å². The Hall–Kier alpha value is 1.29. The van der Waals surface area contributed by atoms with E-state index in [0.717, 1.165) is 0 Å². The third-order valence-electron chi connectivity index (χ3n) is 0. The molecule has 0 saturated carbocycles. The van der Waals surface area contributed by atoms with Crippen molar-refractivity contribution >= 4 is 15.5 Å². The van der Waals surface area contributed by atoms with Crippen molar-refractivity contribution in [2.45, 2.75) is 0 Å². The van der Waals surface area contributed by atoms with E-state index in [4.69, 9.17) is 7.96 Å². The molecule has 0 aliphatic carbocycles. The average Bonchev–Trinajstić information content (AvgIpc) is 0.918. The van der Waals surface area contributed by atoms with Crippen LogP contribution in [0.1, 0.15) is 0 Å². The fourth-order valence-corrected chi connectivity index (χ4v) is 0. The van der Waals surface area contributed by atoms with Gasteiger partial charge >= 0.3 is 59.0 Å². The fourth-order valence-electron chi connectivity index (χ4n) is 0. The van der Waals surface area contributed by atoms with Gasteiger partial charge in [-0.25, -0.2) is 0 Å². The van der Waals surface area contributed by atoms with Crippen molar-refractivity contribution in [1.82, 2.24) is 0 Å². The van der Waals surface area contributed by atoms with Crippen LogP contribution in [-0.2, 0) is 9.28 Å². The first-order valence-corrected chi connectivity index (χ1v) is 1.41. The van der Waals surface area contributed by atoms with Crippen molar-refractivity contribution in [2.75, 3.05) is 0 Å². The first-order valence-electron chi connectivity index (χ1n) is 0.471. The van der Waals surface area contributed by atoms with Crippen molar-refractivity contribution in [2.24, 2.45) is 0 Å². The Labute approximate surface area is 63.9 Å².